The molecule has 4 rings (SSSR count). The summed E-state index contributed by atoms with van der Waals surface area (Å²) in [5.74, 6) is 1.39. The summed E-state index contributed by atoms with van der Waals surface area (Å²) < 4.78 is 7.40. The van der Waals surface area contributed by atoms with Crippen LogP contribution in [-0.4, -0.2) is 25.0 Å². The average molecular weight is 370 g/mol. The Morgan fingerprint density at radius 2 is 1.80 bits per heavy atom. The molecule has 25 heavy (non-hydrogen) atoms. The van der Waals surface area contributed by atoms with Gasteiger partial charge in [0.15, 0.2) is 0 Å². The quantitative estimate of drug-likeness (QED) is 0.489. The smallest absolute Gasteiger partial charge is 0.249 e. The zero-order valence-electron chi connectivity index (χ0n) is 12.9. The topological polar surface area (TPSA) is 69.6 Å². The first-order valence-electron chi connectivity index (χ1n) is 7.47. The molecule has 2 aromatic heterocycles. The number of rotatable bonds is 5. The standard InChI is InChI=1S/C17H12ClN5OS/c18-14-9-5-4-8-13(14)16-21-20-15(24-16)10-25-17-19-11-23(22-17)12-6-2-1-3-7-12/h1-9,11H,10H2. The predicted octanol–water partition coefficient (Wildman–Crippen LogP) is 4.26. The van der Waals surface area contributed by atoms with Gasteiger partial charge in [0.2, 0.25) is 16.9 Å². The molecular formula is C17H12ClN5OS. The number of para-hydroxylation sites is 1. The van der Waals surface area contributed by atoms with Gasteiger partial charge >= 0.3 is 0 Å². The Morgan fingerprint density at radius 1 is 1.00 bits per heavy atom. The lowest BCUT2D eigenvalue weighted by Crippen LogP contribution is -1.93. The molecule has 0 N–H and O–H groups in total. The molecule has 0 radical (unpaired) electrons. The molecule has 2 aromatic carbocycles. The molecule has 2 heterocycles. The molecule has 0 saturated carbocycles. The van der Waals surface area contributed by atoms with Crippen molar-refractivity contribution in [3.63, 3.8) is 0 Å². The third kappa shape index (κ3) is 3.57. The van der Waals surface area contributed by atoms with E-state index in [2.05, 4.69) is 20.3 Å². The van der Waals surface area contributed by atoms with Crippen LogP contribution in [0.5, 0.6) is 0 Å². The van der Waals surface area contributed by atoms with Crippen LogP contribution >= 0.6 is 23.4 Å². The Hall–Kier alpha value is -2.64. The van der Waals surface area contributed by atoms with Gasteiger partial charge in [0.05, 0.1) is 22.0 Å². The summed E-state index contributed by atoms with van der Waals surface area (Å²) in [7, 11) is 0. The number of halogens is 1. The van der Waals surface area contributed by atoms with E-state index >= 15 is 0 Å². The van der Waals surface area contributed by atoms with Gasteiger partial charge in [0.1, 0.15) is 6.33 Å². The second-order valence-corrected chi connectivity index (χ2v) is 6.43. The van der Waals surface area contributed by atoms with Crippen molar-refractivity contribution in [1.29, 1.82) is 0 Å². The maximum atomic E-state index is 6.15. The second kappa shape index (κ2) is 7.08. The van der Waals surface area contributed by atoms with Crippen molar-refractivity contribution in [2.45, 2.75) is 10.9 Å². The van der Waals surface area contributed by atoms with E-state index < -0.39 is 0 Å². The Bertz CT molecular complexity index is 985. The van der Waals surface area contributed by atoms with Gasteiger partial charge < -0.3 is 4.42 Å². The van der Waals surface area contributed by atoms with E-state index in [0.717, 1.165) is 11.3 Å². The molecule has 0 fully saturated rings. The van der Waals surface area contributed by atoms with E-state index in [0.29, 0.717) is 27.7 Å². The van der Waals surface area contributed by atoms with Crippen molar-refractivity contribution in [2.75, 3.05) is 0 Å². The van der Waals surface area contributed by atoms with E-state index in [1.165, 1.54) is 11.8 Å². The number of benzene rings is 2. The van der Waals surface area contributed by atoms with Gasteiger partial charge in [-0.1, -0.05) is 53.7 Å². The molecule has 0 spiro atoms. The van der Waals surface area contributed by atoms with Crippen LogP contribution in [0.1, 0.15) is 5.89 Å². The number of aromatic nitrogens is 5. The van der Waals surface area contributed by atoms with E-state index in [-0.39, 0.29) is 0 Å². The number of hydrogen-bond acceptors (Lipinski definition) is 6. The number of hydrogen-bond donors (Lipinski definition) is 0. The van der Waals surface area contributed by atoms with Crippen LogP contribution in [0.2, 0.25) is 5.02 Å². The largest absolute Gasteiger partial charge is 0.420 e. The van der Waals surface area contributed by atoms with Crippen LogP contribution in [0.15, 0.2) is 70.5 Å². The molecule has 0 unspecified atom stereocenters. The highest BCUT2D eigenvalue weighted by molar-refractivity contribution is 7.98. The summed E-state index contributed by atoms with van der Waals surface area (Å²) in [6, 6.07) is 17.2. The first-order valence-corrected chi connectivity index (χ1v) is 8.83. The Labute approximate surface area is 152 Å². The first kappa shape index (κ1) is 15.9. The number of thioether (sulfide) groups is 1. The summed E-state index contributed by atoms with van der Waals surface area (Å²) >= 11 is 7.58. The summed E-state index contributed by atoms with van der Waals surface area (Å²) in [5.41, 5.74) is 1.68. The monoisotopic (exact) mass is 369 g/mol. The SMILES string of the molecule is Clc1ccccc1-c1nnc(CSc2ncn(-c3ccccc3)n2)o1. The lowest BCUT2D eigenvalue weighted by atomic mass is 10.2. The van der Waals surface area contributed by atoms with Crippen LogP contribution in [0.25, 0.3) is 17.1 Å². The van der Waals surface area contributed by atoms with Crippen LogP contribution < -0.4 is 0 Å². The van der Waals surface area contributed by atoms with E-state index in [4.69, 9.17) is 16.0 Å². The highest BCUT2D eigenvalue weighted by Crippen LogP contribution is 2.27. The lowest BCUT2D eigenvalue weighted by Gasteiger charge is -1.98. The Balaban J connectivity index is 1.44. The van der Waals surface area contributed by atoms with Crippen molar-refractivity contribution in [3.8, 4) is 17.1 Å². The van der Waals surface area contributed by atoms with Gasteiger partial charge in [0, 0.05) is 0 Å². The van der Waals surface area contributed by atoms with Gasteiger partial charge in [-0.15, -0.1) is 15.3 Å². The normalized spacial score (nSPS) is 10.9. The Kier molecular flexibility index (Phi) is 4.49. The molecule has 0 atom stereocenters. The minimum absolute atomic E-state index is 0.406. The molecule has 0 aliphatic rings. The molecular weight excluding hydrogens is 358 g/mol. The third-order valence-corrected chi connectivity index (χ3v) is 4.55. The molecule has 6 nitrogen and oxygen atoms in total. The fourth-order valence-electron chi connectivity index (χ4n) is 2.20. The van der Waals surface area contributed by atoms with Crippen LogP contribution in [0.3, 0.4) is 0 Å². The van der Waals surface area contributed by atoms with Crippen molar-refractivity contribution in [2.24, 2.45) is 0 Å². The van der Waals surface area contributed by atoms with Crippen molar-refractivity contribution in [1.82, 2.24) is 25.0 Å². The highest BCUT2D eigenvalue weighted by atomic mass is 35.5. The molecule has 0 bridgehead atoms. The minimum atomic E-state index is 0.406. The van der Waals surface area contributed by atoms with Gasteiger partial charge in [-0.2, -0.15) is 0 Å². The zero-order chi connectivity index (χ0) is 17.1. The number of nitrogens with zero attached hydrogens (tertiary/aromatic N) is 5. The van der Waals surface area contributed by atoms with Crippen molar-refractivity contribution in [3.05, 3.63) is 71.8 Å². The van der Waals surface area contributed by atoms with Crippen molar-refractivity contribution >= 4 is 23.4 Å². The van der Waals surface area contributed by atoms with Gasteiger partial charge in [-0.05, 0) is 24.3 Å². The first-order chi connectivity index (χ1) is 12.3. The summed E-state index contributed by atoms with van der Waals surface area (Å²) in [4.78, 5) is 4.29. The molecule has 4 aromatic rings. The third-order valence-electron chi connectivity index (χ3n) is 3.39. The molecule has 0 saturated heterocycles. The summed E-state index contributed by atoms with van der Waals surface area (Å²) in [5, 5.41) is 13.8. The van der Waals surface area contributed by atoms with E-state index in [1.807, 2.05) is 48.5 Å². The molecule has 0 aliphatic heterocycles. The van der Waals surface area contributed by atoms with Gasteiger partial charge in [-0.3, -0.25) is 0 Å². The van der Waals surface area contributed by atoms with Gasteiger partial charge in [-0.25, -0.2) is 9.67 Å². The lowest BCUT2D eigenvalue weighted by molar-refractivity contribution is 0.528. The van der Waals surface area contributed by atoms with E-state index in [9.17, 15) is 0 Å². The zero-order valence-corrected chi connectivity index (χ0v) is 14.5. The average Bonchev–Trinajstić information content (AvgIpc) is 3.31. The second-order valence-electron chi connectivity index (χ2n) is 5.08. The molecule has 0 aliphatic carbocycles. The van der Waals surface area contributed by atoms with Crippen LogP contribution in [0.4, 0.5) is 0 Å². The summed E-state index contributed by atoms with van der Waals surface area (Å²) in [6.45, 7) is 0. The predicted molar refractivity (Wildman–Crippen MR) is 95.7 cm³/mol. The molecule has 0 amide bonds. The molecule has 8 heteroatoms. The highest BCUT2D eigenvalue weighted by Gasteiger charge is 2.12. The summed E-state index contributed by atoms with van der Waals surface area (Å²) in [6.07, 6.45) is 1.68. The molecule has 124 valence electrons. The van der Waals surface area contributed by atoms with E-state index in [1.54, 1.807) is 17.1 Å². The fourth-order valence-corrected chi connectivity index (χ4v) is 3.05. The maximum Gasteiger partial charge on any atom is 0.249 e. The Morgan fingerprint density at radius 3 is 2.64 bits per heavy atom. The maximum absolute atomic E-state index is 6.15. The van der Waals surface area contributed by atoms with Crippen LogP contribution in [0, 0.1) is 0 Å². The fraction of sp³-hybridized carbons (Fsp3) is 0.0588. The minimum Gasteiger partial charge on any atom is -0.420 e. The van der Waals surface area contributed by atoms with Gasteiger partial charge in [0.25, 0.3) is 0 Å². The van der Waals surface area contributed by atoms with Crippen LogP contribution in [-0.2, 0) is 5.75 Å². The van der Waals surface area contributed by atoms with Crippen molar-refractivity contribution < 1.29 is 4.42 Å².